The highest BCUT2D eigenvalue weighted by atomic mass is 16.5. The molecule has 0 unspecified atom stereocenters. The van der Waals surface area contributed by atoms with E-state index >= 15 is 0 Å². The zero-order valence-electron chi connectivity index (χ0n) is 18.2. The summed E-state index contributed by atoms with van der Waals surface area (Å²) in [5.41, 5.74) is 4.28. The number of para-hydroxylation sites is 1. The van der Waals surface area contributed by atoms with E-state index < -0.39 is 0 Å². The van der Waals surface area contributed by atoms with Gasteiger partial charge in [0.25, 0.3) is 5.91 Å². The predicted molar refractivity (Wildman–Crippen MR) is 123 cm³/mol. The van der Waals surface area contributed by atoms with E-state index in [1.807, 2.05) is 31.2 Å². The number of pyridine rings is 2. The first-order chi connectivity index (χ1) is 14.9. The third-order valence-corrected chi connectivity index (χ3v) is 5.68. The lowest BCUT2D eigenvalue weighted by Gasteiger charge is -2.20. The van der Waals surface area contributed by atoms with Crippen molar-refractivity contribution in [2.45, 2.75) is 32.1 Å². The maximum absolute atomic E-state index is 12.5. The van der Waals surface area contributed by atoms with E-state index in [1.54, 1.807) is 32.6 Å². The van der Waals surface area contributed by atoms with Crippen molar-refractivity contribution in [3.8, 4) is 5.75 Å². The number of anilines is 4. The number of hydrogen-bond acceptors (Lipinski definition) is 6. The molecule has 1 saturated carbocycles. The normalized spacial score (nSPS) is 13.9. The standard InChI is InChI=1S/C24H27N5O2/c1-15-8-9-20(26-13-15)29-21-12-19(16(14-27-21)23(30)25-3)28-18-7-5-6-17(22(18)31-4)24(2)10-11-24/h5-9,12-14H,10-11H2,1-4H3,(H,25,30)(H2,26,27,28,29). The van der Waals surface area contributed by atoms with Crippen molar-refractivity contribution in [3.05, 3.63) is 65.5 Å². The van der Waals surface area contributed by atoms with Gasteiger partial charge in [0.1, 0.15) is 17.4 Å². The van der Waals surface area contributed by atoms with E-state index in [2.05, 4.69) is 38.9 Å². The fourth-order valence-electron chi connectivity index (χ4n) is 3.55. The number of nitrogens with one attached hydrogen (secondary N) is 3. The van der Waals surface area contributed by atoms with Crippen LogP contribution in [0.5, 0.6) is 5.75 Å². The van der Waals surface area contributed by atoms with Crippen LogP contribution in [0, 0.1) is 6.92 Å². The summed E-state index contributed by atoms with van der Waals surface area (Å²) >= 11 is 0. The Balaban J connectivity index is 1.70. The van der Waals surface area contributed by atoms with Crippen molar-refractivity contribution in [2.75, 3.05) is 24.8 Å². The van der Waals surface area contributed by atoms with Gasteiger partial charge in [0.2, 0.25) is 0 Å². The van der Waals surface area contributed by atoms with Crippen LogP contribution in [0.1, 0.15) is 41.3 Å². The van der Waals surface area contributed by atoms with E-state index in [4.69, 9.17) is 4.74 Å². The fraction of sp³-hybridized carbons (Fsp3) is 0.292. The van der Waals surface area contributed by atoms with Gasteiger partial charge in [-0.05, 0) is 42.9 Å². The van der Waals surface area contributed by atoms with Crippen LogP contribution < -0.4 is 20.7 Å². The van der Waals surface area contributed by atoms with Gasteiger partial charge in [-0.15, -0.1) is 0 Å². The second kappa shape index (κ2) is 8.26. The molecule has 0 bridgehead atoms. The van der Waals surface area contributed by atoms with Gasteiger partial charge in [-0.3, -0.25) is 4.79 Å². The minimum absolute atomic E-state index is 0.148. The zero-order valence-corrected chi connectivity index (χ0v) is 18.2. The van der Waals surface area contributed by atoms with Crippen LogP contribution in [0.2, 0.25) is 0 Å². The van der Waals surface area contributed by atoms with Crippen LogP contribution in [0.25, 0.3) is 0 Å². The molecule has 0 aliphatic heterocycles. The summed E-state index contributed by atoms with van der Waals surface area (Å²) in [7, 11) is 3.28. The molecule has 7 heteroatoms. The lowest BCUT2D eigenvalue weighted by Crippen LogP contribution is -2.19. The molecule has 1 aliphatic rings. The third-order valence-electron chi connectivity index (χ3n) is 5.68. The van der Waals surface area contributed by atoms with Crippen LogP contribution in [-0.4, -0.2) is 30.0 Å². The molecule has 2 heterocycles. The molecule has 1 fully saturated rings. The average Bonchev–Trinajstić information content (AvgIpc) is 3.53. The number of methoxy groups -OCH3 is 1. The molecule has 1 aromatic carbocycles. The second-order valence-electron chi connectivity index (χ2n) is 8.11. The second-order valence-corrected chi connectivity index (χ2v) is 8.11. The summed E-state index contributed by atoms with van der Waals surface area (Å²) in [6.07, 6.45) is 5.62. The summed E-state index contributed by atoms with van der Waals surface area (Å²) in [5, 5.41) is 9.26. The SMILES string of the molecule is CNC(=O)c1cnc(Nc2ccc(C)cn2)cc1Nc1cccc(C2(C)CC2)c1OC. The van der Waals surface area contributed by atoms with E-state index in [0.717, 1.165) is 29.8 Å². The molecule has 2 aromatic heterocycles. The lowest BCUT2D eigenvalue weighted by molar-refractivity contribution is 0.0963. The van der Waals surface area contributed by atoms with Crippen LogP contribution >= 0.6 is 0 Å². The lowest BCUT2D eigenvalue weighted by atomic mass is 9.96. The highest BCUT2D eigenvalue weighted by molar-refractivity contribution is 6.00. The molecular formula is C24H27N5O2. The molecule has 1 aliphatic carbocycles. The number of rotatable bonds is 7. The quantitative estimate of drug-likeness (QED) is 0.517. The molecule has 0 radical (unpaired) electrons. The van der Waals surface area contributed by atoms with E-state index in [-0.39, 0.29) is 11.3 Å². The number of nitrogens with zero attached hydrogens (tertiary/aromatic N) is 2. The maximum atomic E-state index is 12.5. The van der Waals surface area contributed by atoms with Gasteiger partial charge in [-0.2, -0.15) is 0 Å². The molecule has 3 N–H and O–H groups in total. The minimum atomic E-state index is -0.223. The summed E-state index contributed by atoms with van der Waals surface area (Å²) in [4.78, 5) is 21.2. The number of hydrogen-bond donors (Lipinski definition) is 3. The molecule has 31 heavy (non-hydrogen) atoms. The molecule has 4 rings (SSSR count). The fourth-order valence-corrected chi connectivity index (χ4v) is 3.55. The van der Waals surface area contributed by atoms with Crippen molar-refractivity contribution >= 4 is 28.9 Å². The van der Waals surface area contributed by atoms with Gasteiger partial charge in [0.05, 0.1) is 24.0 Å². The molecule has 3 aromatic rings. The number of carbonyl (C=O) groups is 1. The maximum Gasteiger partial charge on any atom is 0.254 e. The van der Waals surface area contributed by atoms with Crippen LogP contribution in [0.4, 0.5) is 23.0 Å². The van der Waals surface area contributed by atoms with E-state index in [9.17, 15) is 4.79 Å². The van der Waals surface area contributed by atoms with Crippen molar-refractivity contribution in [1.29, 1.82) is 0 Å². The first-order valence-electron chi connectivity index (χ1n) is 10.3. The summed E-state index contributed by atoms with van der Waals surface area (Å²) < 4.78 is 5.77. The van der Waals surface area contributed by atoms with Crippen molar-refractivity contribution < 1.29 is 9.53 Å². The number of ether oxygens (including phenoxy) is 1. The zero-order chi connectivity index (χ0) is 22.0. The van der Waals surface area contributed by atoms with Crippen LogP contribution in [0.15, 0.2) is 48.8 Å². The number of benzene rings is 1. The Morgan fingerprint density at radius 2 is 1.81 bits per heavy atom. The Hall–Kier alpha value is -3.61. The number of aromatic nitrogens is 2. The van der Waals surface area contributed by atoms with Crippen molar-refractivity contribution in [2.24, 2.45) is 0 Å². The Morgan fingerprint density at radius 1 is 1.03 bits per heavy atom. The molecule has 0 spiro atoms. The Labute approximate surface area is 182 Å². The Morgan fingerprint density at radius 3 is 2.45 bits per heavy atom. The molecular weight excluding hydrogens is 390 g/mol. The molecule has 7 nitrogen and oxygen atoms in total. The number of aryl methyl sites for hydroxylation is 1. The Kier molecular flexibility index (Phi) is 5.50. The molecule has 1 amide bonds. The highest BCUT2D eigenvalue weighted by Crippen LogP contribution is 2.52. The van der Waals surface area contributed by atoms with Gasteiger partial charge >= 0.3 is 0 Å². The average molecular weight is 418 g/mol. The third kappa shape index (κ3) is 4.30. The van der Waals surface area contributed by atoms with Crippen LogP contribution in [-0.2, 0) is 5.41 Å². The van der Waals surface area contributed by atoms with Gasteiger partial charge in [-0.25, -0.2) is 9.97 Å². The first kappa shape index (κ1) is 20.7. The van der Waals surface area contributed by atoms with E-state index in [1.165, 1.54) is 5.56 Å². The van der Waals surface area contributed by atoms with E-state index in [0.29, 0.717) is 22.9 Å². The largest absolute Gasteiger partial charge is 0.494 e. The number of carbonyl (C=O) groups excluding carboxylic acids is 1. The monoisotopic (exact) mass is 417 g/mol. The van der Waals surface area contributed by atoms with Crippen LogP contribution in [0.3, 0.4) is 0 Å². The summed E-state index contributed by atoms with van der Waals surface area (Å²) in [5.74, 6) is 1.84. The highest BCUT2D eigenvalue weighted by Gasteiger charge is 2.41. The Bertz CT molecular complexity index is 1110. The number of amides is 1. The van der Waals surface area contributed by atoms with Gasteiger partial charge < -0.3 is 20.7 Å². The predicted octanol–water partition coefficient (Wildman–Crippen LogP) is 4.69. The molecule has 160 valence electrons. The summed E-state index contributed by atoms with van der Waals surface area (Å²) in [6.45, 7) is 4.23. The molecule has 0 saturated heterocycles. The van der Waals surface area contributed by atoms with Crippen molar-refractivity contribution in [1.82, 2.24) is 15.3 Å². The van der Waals surface area contributed by atoms with Gasteiger partial charge in [-0.1, -0.05) is 25.1 Å². The molecule has 0 atom stereocenters. The summed E-state index contributed by atoms with van der Waals surface area (Å²) in [6, 6.07) is 11.7. The smallest absolute Gasteiger partial charge is 0.254 e. The first-order valence-corrected chi connectivity index (χ1v) is 10.3. The van der Waals surface area contributed by atoms with Gasteiger partial charge in [0.15, 0.2) is 0 Å². The van der Waals surface area contributed by atoms with Gasteiger partial charge in [0, 0.05) is 31.1 Å². The minimum Gasteiger partial charge on any atom is -0.494 e. The topological polar surface area (TPSA) is 88.2 Å². The van der Waals surface area contributed by atoms with Crippen molar-refractivity contribution in [3.63, 3.8) is 0 Å².